The predicted octanol–water partition coefficient (Wildman–Crippen LogP) is 7.01. The first-order valence-corrected chi connectivity index (χ1v) is 13.2. The fourth-order valence-corrected chi connectivity index (χ4v) is 5.90. The van der Waals surface area contributed by atoms with Crippen molar-refractivity contribution in [1.29, 1.82) is 0 Å². The van der Waals surface area contributed by atoms with Gasteiger partial charge in [0.05, 0.1) is 11.2 Å². The zero-order chi connectivity index (χ0) is 26.9. The van der Waals surface area contributed by atoms with Crippen LogP contribution < -0.4 is 5.32 Å². The number of nitrogens with zero attached hydrogens (tertiary/aromatic N) is 1. The van der Waals surface area contributed by atoms with Crippen LogP contribution in [0.25, 0.3) is 21.0 Å². The van der Waals surface area contributed by atoms with E-state index in [2.05, 4.69) is 5.32 Å². The Balaban J connectivity index is 1.59. The van der Waals surface area contributed by atoms with Gasteiger partial charge < -0.3 is 10.4 Å². The molecule has 6 nitrogen and oxygen atoms in total. The highest BCUT2D eigenvalue weighted by Gasteiger charge is 2.31. The average molecular weight is 531 g/mol. The van der Waals surface area contributed by atoms with E-state index in [0.29, 0.717) is 32.6 Å². The van der Waals surface area contributed by atoms with Gasteiger partial charge in [0.25, 0.3) is 5.91 Å². The second-order valence-electron chi connectivity index (χ2n) is 9.04. The minimum Gasteiger partial charge on any atom is -0.479 e. The molecule has 2 heterocycles. The van der Waals surface area contributed by atoms with E-state index in [0.717, 1.165) is 10.1 Å². The molecule has 0 spiro atoms. The van der Waals surface area contributed by atoms with Gasteiger partial charge in [0.15, 0.2) is 6.04 Å². The summed E-state index contributed by atoms with van der Waals surface area (Å²) in [4.78, 5) is 41.2. The monoisotopic (exact) mass is 530 g/mol. The van der Waals surface area contributed by atoms with E-state index in [4.69, 9.17) is 0 Å². The van der Waals surface area contributed by atoms with Crippen molar-refractivity contribution in [3.63, 3.8) is 0 Å². The highest BCUT2D eigenvalue weighted by molar-refractivity contribution is 7.19. The predicted molar refractivity (Wildman–Crippen MR) is 154 cm³/mol. The number of rotatable bonds is 7. The van der Waals surface area contributed by atoms with E-state index in [1.54, 1.807) is 72.8 Å². The summed E-state index contributed by atoms with van der Waals surface area (Å²) >= 11 is 1.38. The standard InChI is InChI=1S/C32H22N2O4S/c35-30(20-11-3-1-4-12-20)29-27(33-28(32(37)38)26-19-22-15-7-10-18-25(22)39-26)23-16-8-9-17-24(23)34(29)31(36)21-13-5-2-6-14-21/h1-19,28,33H,(H,37,38). The van der Waals surface area contributed by atoms with Crippen LogP contribution in [0.15, 0.2) is 115 Å². The van der Waals surface area contributed by atoms with Gasteiger partial charge in [-0.05, 0) is 35.7 Å². The number of carbonyl (C=O) groups is 3. The maximum atomic E-state index is 14.1. The van der Waals surface area contributed by atoms with E-state index in [1.807, 2.05) is 42.5 Å². The number of para-hydroxylation sites is 1. The number of carbonyl (C=O) groups excluding carboxylic acids is 2. The molecular formula is C32H22N2O4S. The van der Waals surface area contributed by atoms with Crippen LogP contribution in [0.5, 0.6) is 0 Å². The summed E-state index contributed by atoms with van der Waals surface area (Å²) in [5.74, 6) is -1.86. The van der Waals surface area contributed by atoms with Crippen LogP contribution in [0.3, 0.4) is 0 Å². The first kappa shape index (κ1) is 24.3. The van der Waals surface area contributed by atoms with Crippen LogP contribution in [0.1, 0.15) is 37.3 Å². The van der Waals surface area contributed by atoms with Crippen LogP contribution in [-0.2, 0) is 4.79 Å². The minimum atomic E-state index is -1.14. The number of aromatic nitrogens is 1. The second-order valence-corrected chi connectivity index (χ2v) is 10.2. The molecule has 0 radical (unpaired) electrons. The molecule has 190 valence electrons. The molecule has 6 rings (SSSR count). The SMILES string of the molecule is O=C(c1ccccc1)c1c(NC(C(=O)O)c2cc3ccccc3s2)c2ccccc2n1C(=O)c1ccccc1. The van der Waals surface area contributed by atoms with Crippen LogP contribution in [0.2, 0.25) is 0 Å². The lowest BCUT2D eigenvalue weighted by atomic mass is 10.1. The molecule has 2 N–H and O–H groups in total. The van der Waals surface area contributed by atoms with E-state index < -0.39 is 12.0 Å². The summed E-state index contributed by atoms with van der Waals surface area (Å²) in [5, 5.41) is 15.0. The Morgan fingerprint density at radius 2 is 1.36 bits per heavy atom. The van der Waals surface area contributed by atoms with Crippen molar-refractivity contribution in [3.05, 3.63) is 137 Å². The van der Waals surface area contributed by atoms with E-state index in [9.17, 15) is 19.5 Å². The Bertz CT molecular complexity index is 1820. The lowest BCUT2D eigenvalue weighted by Gasteiger charge is -2.16. The molecule has 2 aromatic heterocycles. The summed E-state index contributed by atoms with van der Waals surface area (Å²) in [5.41, 5.74) is 1.69. The Kier molecular flexibility index (Phi) is 6.26. The normalized spacial score (nSPS) is 11.9. The fourth-order valence-electron chi connectivity index (χ4n) is 4.79. The molecule has 0 amide bonds. The Morgan fingerprint density at radius 1 is 0.744 bits per heavy atom. The molecule has 1 unspecified atom stereocenters. The Morgan fingerprint density at radius 3 is 2.05 bits per heavy atom. The molecule has 0 saturated heterocycles. The largest absolute Gasteiger partial charge is 0.479 e. The van der Waals surface area contributed by atoms with Crippen molar-refractivity contribution in [2.24, 2.45) is 0 Å². The van der Waals surface area contributed by atoms with Crippen LogP contribution in [-0.4, -0.2) is 27.3 Å². The molecule has 6 aromatic rings. The number of hydrogen-bond donors (Lipinski definition) is 2. The summed E-state index contributed by atoms with van der Waals surface area (Å²) in [7, 11) is 0. The number of ketones is 1. The van der Waals surface area contributed by atoms with Crippen molar-refractivity contribution in [3.8, 4) is 0 Å². The molecule has 0 bridgehead atoms. The molecule has 0 saturated carbocycles. The number of hydrogen-bond acceptors (Lipinski definition) is 5. The van der Waals surface area contributed by atoms with E-state index in [1.165, 1.54) is 15.9 Å². The number of thiophene rings is 1. The van der Waals surface area contributed by atoms with E-state index in [-0.39, 0.29) is 17.4 Å². The quantitative estimate of drug-likeness (QED) is 0.217. The molecular weight excluding hydrogens is 508 g/mol. The van der Waals surface area contributed by atoms with Gasteiger partial charge in [0, 0.05) is 26.1 Å². The van der Waals surface area contributed by atoms with Gasteiger partial charge in [0.2, 0.25) is 5.78 Å². The van der Waals surface area contributed by atoms with E-state index >= 15 is 0 Å². The zero-order valence-electron chi connectivity index (χ0n) is 20.6. The zero-order valence-corrected chi connectivity index (χ0v) is 21.4. The van der Waals surface area contributed by atoms with Gasteiger partial charge in [0.1, 0.15) is 5.69 Å². The lowest BCUT2D eigenvalue weighted by molar-refractivity contribution is -0.138. The Hall–Kier alpha value is -5.01. The van der Waals surface area contributed by atoms with Gasteiger partial charge in [-0.15, -0.1) is 11.3 Å². The second kappa shape index (κ2) is 10.0. The first-order chi connectivity index (χ1) is 19.0. The van der Waals surface area contributed by atoms with Gasteiger partial charge >= 0.3 is 5.97 Å². The number of benzene rings is 4. The van der Waals surface area contributed by atoms with Gasteiger partial charge in [-0.25, -0.2) is 4.79 Å². The highest BCUT2D eigenvalue weighted by atomic mass is 32.1. The summed E-state index contributed by atoms with van der Waals surface area (Å²) < 4.78 is 2.36. The number of carboxylic acids is 1. The third-order valence-corrected chi connectivity index (χ3v) is 7.80. The van der Waals surface area contributed by atoms with Gasteiger partial charge in [-0.3, -0.25) is 14.2 Å². The van der Waals surface area contributed by atoms with Crippen LogP contribution >= 0.6 is 11.3 Å². The number of anilines is 1. The lowest BCUT2D eigenvalue weighted by Crippen LogP contribution is -2.23. The minimum absolute atomic E-state index is 0.0867. The van der Waals surface area contributed by atoms with Crippen molar-refractivity contribution < 1.29 is 19.5 Å². The fraction of sp³-hybridized carbons (Fsp3) is 0.0312. The molecule has 1 atom stereocenters. The topological polar surface area (TPSA) is 88.4 Å². The van der Waals surface area contributed by atoms with Crippen molar-refractivity contribution in [2.45, 2.75) is 6.04 Å². The van der Waals surface area contributed by atoms with Crippen LogP contribution in [0, 0.1) is 0 Å². The summed E-state index contributed by atoms with van der Waals surface area (Å²) in [6.45, 7) is 0. The summed E-state index contributed by atoms with van der Waals surface area (Å²) in [6, 6.07) is 32.9. The maximum Gasteiger partial charge on any atom is 0.331 e. The number of carboxylic acid groups (broad SMARTS) is 1. The van der Waals surface area contributed by atoms with Gasteiger partial charge in [-0.2, -0.15) is 0 Å². The average Bonchev–Trinajstić information content (AvgIpc) is 3.55. The third kappa shape index (κ3) is 4.39. The smallest absolute Gasteiger partial charge is 0.331 e. The molecule has 0 aliphatic carbocycles. The molecule has 0 fully saturated rings. The maximum absolute atomic E-state index is 14.1. The van der Waals surface area contributed by atoms with Crippen molar-refractivity contribution in [1.82, 2.24) is 4.57 Å². The number of aliphatic carboxylic acids is 1. The molecule has 0 aliphatic heterocycles. The van der Waals surface area contributed by atoms with Crippen LogP contribution in [0.4, 0.5) is 5.69 Å². The number of fused-ring (bicyclic) bond motifs is 2. The van der Waals surface area contributed by atoms with Gasteiger partial charge in [-0.1, -0.05) is 84.9 Å². The molecule has 39 heavy (non-hydrogen) atoms. The number of nitrogens with one attached hydrogen (secondary N) is 1. The molecule has 7 heteroatoms. The molecule has 0 aliphatic rings. The summed E-state index contributed by atoms with van der Waals surface area (Å²) in [6.07, 6.45) is 0. The third-order valence-electron chi connectivity index (χ3n) is 6.61. The first-order valence-electron chi connectivity index (χ1n) is 12.3. The molecule has 4 aromatic carbocycles. The highest BCUT2D eigenvalue weighted by Crippen LogP contribution is 2.38. The van der Waals surface area contributed by atoms with Crippen molar-refractivity contribution in [2.75, 3.05) is 5.32 Å². The Labute approximate surface area is 227 Å². The van der Waals surface area contributed by atoms with Crippen molar-refractivity contribution >= 4 is 55.7 Å².